The van der Waals surface area contributed by atoms with Crippen molar-refractivity contribution in [2.75, 3.05) is 6.61 Å². The van der Waals surface area contributed by atoms with Gasteiger partial charge in [-0.25, -0.2) is 0 Å². The van der Waals surface area contributed by atoms with Gasteiger partial charge in [0.25, 0.3) is 0 Å². The van der Waals surface area contributed by atoms with E-state index < -0.39 is 0 Å². The van der Waals surface area contributed by atoms with Crippen molar-refractivity contribution in [2.45, 2.75) is 0 Å². The Labute approximate surface area is 103 Å². The number of terminal acetylenes is 1. The molecule has 0 saturated carbocycles. The first-order chi connectivity index (χ1) is 8.74. The molecular weight excluding hydrogens is 236 g/mol. The Bertz CT molecular complexity index is 520. The number of nitrogens with zero attached hydrogens (tertiary/aromatic N) is 2. The van der Waals surface area contributed by atoms with Crippen LogP contribution in [-0.4, -0.2) is 18.9 Å². The third-order valence-corrected chi connectivity index (χ3v) is 1.82. The molecule has 1 aromatic carbocycles. The second-order valence-corrected chi connectivity index (χ2v) is 2.94. The normalized spacial score (nSPS) is 10.3. The maximum absolute atomic E-state index is 10.6. The van der Waals surface area contributed by atoms with Gasteiger partial charge in [0, 0.05) is 5.56 Å². The highest BCUT2D eigenvalue weighted by Gasteiger charge is 2.09. The Morgan fingerprint density at radius 3 is 2.89 bits per heavy atom. The summed E-state index contributed by atoms with van der Waals surface area (Å²) in [6, 6.07) is 4.06. The molecule has 0 bridgehead atoms. The number of aldehydes is 1. The average molecular weight is 246 g/mol. The van der Waals surface area contributed by atoms with Gasteiger partial charge in [-0.1, -0.05) is 11.0 Å². The van der Waals surface area contributed by atoms with Crippen LogP contribution < -0.4 is 15.3 Å². The van der Waals surface area contributed by atoms with Crippen LogP contribution in [0.5, 0.6) is 11.5 Å². The predicted molar refractivity (Wildman–Crippen MR) is 63.6 cm³/mol. The van der Waals surface area contributed by atoms with Crippen LogP contribution in [0.3, 0.4) is 0 Å². The molecule has 0 unspecified atom stereocenters. The summed E-state index contributed by atoms with van der Waals surface area (Å²) >= 11 is 0. The summed E-state index contributed by atoms with van der Waals surface area (Å²) in [6.07, 6.45) is 5.73. The summed E-state index contributed by atoms with van der Waals surface area (Å²) < 4.78 is 10.3. The lowest BCUT2D eigenvalue weighted by Gasteiger charge is -2.09. The van der Waals surface area contributed by atoms with Gasteiger partial charge >= 0.3 is 6.02 Å². The Hall–Kier alpha value is -2.88. The summed E-state index contributed by atoms with van der Waals surface area (Å²) in [5.41, 5.74) is 7.15. The number of nitrogens with one attached hydrogen (secondary N) is 1. The Kier molecular flexibility index (Phi) is 4.87. The molecule has 0 radical (unpaired) electrons. The van der Waals surface area contributed by atoms with E-state index in [0.29, 0.717) is 11.8 Å². The molecule has 3 N–H and O–H groups in total. The van der Waals surface area contributed by atoms with E-state index in [2.05, 4.69) is 16.1 Å². The first-order valence-electron chi connectivity index (χ1n) is 4.73. The molecule has 0 aliphatic heterocycles. The lowest BCUT2D eigenvalue weighted by atomic mass is 10.2. The number of carbonyl (C=O) groups excluding carboxylic acids is 1. The summed E-state index contributed by atoms with van der Waals surface area (Å²) in [5.74, 6) is 7.68. The first-order valence-corrected chi connectivity index (χ1v) is 4.73. The molecule has 0 fully saturated rings. The smallest absolute Gasteiger partial charge is 0.357 e. The van der Waals surface area contributed by atoms with Gasteiger partial charge in [0.05, 0.1) is 0 Å². The van der Waals surface area contributed by atoms with Crippen LogP contribution in [0.25, 0.3) is 0 Å². The maximum Gasteiger partial charge on any atom is 0.357 e. The summed E-state index contributed by atoms with van der Waals surface area (Å²) in [6.45, 7) is 0.00574. The summed E-state index contributed by atoms with van der Waals surface area (Å²) in [5, 5.41) is 6.09. The molecule has 0 aliphatic carbocycles. The van der Waals surface area contributed by atoms with Crippen molar-refractivity contribution in [3.8, 4) is 23.8 Å². The fourth-order valence-corrected chi connectivity index (χ4v) is 1.09. The van der Waals surface area contributed by atoms with E-state index in [1.807, 2.05) is 0 Å². The fourth-order valence-electron chi connectivity index (χ4n) is 1.09. The van der Waals surface area contributed by atoms with Crippen molar-refractivity contribution in [2.24, 2.45) is 16.1 Å². The Balaban J connectivity index is 3.05. The molecule has 0 aliphatic rings. The maximum atomic E-state index is 10.6. The number of carbonyl (C=O) groups is 1. The van der Waals surface area contributed by atoms with Crippen LogP contribution in [0.4, 0.5) is 0 Å². The minimum atomic E-state index is -0.348. The molecule has 0 saturated heterocycles. The highest BCUT2D eigenvalue weighted by molar-refractivity contribution is 5.79. The van der Waals surface area contributed by atoms with Gasteiger partial charge in [-0.2, -0.15) is 5.53 Å². The molecule has 18 heavy (non-hydrogen) atoms. The van der Waals surface area contributed by atoms with Crippen molar-refractivity contribution >= 4 is 12.3 Å². The van der Waals surface area contributed by atoms with Crippen molar-refractivity contribution < 1.29 is 14.3 Å². The van der Waals surface area contributed by atoms with Gasteiger partial charge in [-0.3, -0.25) is 4.79 Å². The molecule has 7 nitrogen and oxygen atoms in total. The van der Waals surface area contributed by atoms with E-state index in [1.165, 1.54) is 18.2 Å². The second-order valence-electron chi connectivity index (χ2n) is 2.94. The number of amidine groups is 1. The molecule has 0 aromatic heterocycles. The summed E-state index contributed by atoms with van der Waals surface area (Å²) in [4.78, 5) is 10.6. The van der Waals surface area contributed by atoms with E-state index in [1.54, 1.807) is 0 Å². The van der Waals surface area contributed by atoms with Crippen LogP contribution in [0.2, 0.25) is 0 Å². The lowest BCUT2D eigenvalue weighted by Crippen LogP contribution is -2.09. The zero-order valence-corrected chi connectivity index (χ0v) is 9.29. The van der Waals surface area contributed by atoms with Crippen molar-refractivity contribution in [3.63, 3.8) is 0 Å². The van der Waals surface area contributed by atoms with Crippen molar-refractivity contribution in [1.29, 1.82) is 5.53 Å². The molecular formula is C11H10N4O3. The number of nitrogens with two attached hydrogens (primary N) is 1. The van der Waals surface area contributed by atoms with Crippen molar-refractivity contribution in [3.05, 3.63) is 23.8 Å². The van der Waals surface area contributed by atoms with Gasteiger partial charge in [-0.15, -0.1) is 11.5 Å². The number of hydrogen-bond acceptors (Lipinski definition) is 6. The van der Waals surface area contributed by atoms with E-state index in [0.717, 1.165) is 0 Å². The lowest BCUT2D eigenvalue weighted by molar-refractivity contribution is 0.112. The highest BCUT2D eigenvalue weighted by Crippen LogP contribution is 2.28. The van der Waals surface area contributed by atoms with Crippen LogP contribution in [-0.2, 0) is 0 Å². The minimum Gasteiger partial charge on any atom is -0.477 e. The SMILES string of the molecule is C#CCOc1cc(C=O)ccc1OC(N=N)=NN. The number of benzene rings is 1. The quantitative estimate of drug-likeness (QED) is 0.158. The minimum absolute atomic E-state index is 0.00574. The zero-order chi connectivity index (χ0) is 13.4. The number of hydrogen-bond donors (Lipinski definition) is 2. The average Bonchev–Trinajstić information content (AvgIpc) is 2.43. The van der Waals surface area contributed by atoms with Crippen molar-refractivity contribution in [1.82, 2.24) is 0 Å². The van der Waals surface area contributed by atoms with E-state index in [-0.39, 0.29) is 24.1 Å². The predicted octanol–water partition coefficient (Wildman–Crippen LogP) is 1.15. The monoisotopic (exact) mass is 246 g/mol. The van der Waals surface area contributed by atoms with Gasteiger partial charge in [-0.05, 0) is 18.2 Å². The molecule has 92 valence electrons. The molecule has 0 amide bonds. The second kappa shape index (κ2) is 6.65. The zero-order valence-electron chi connectivity index (χ0n) is 9.29. The number of ether oxygens (including phenoxy) is 2. The molecule has 0 spiro atoms. The molecule has 1 rings (SSSR count). The van der Waals surface area contributed by atoms with Gasteiger partial charge < -0.3 is 15.3 Å². The van der Waals surface area contributed by atoms with Gasteiger partial charge in [0.1, 0.15) is 12.9 Å². The van der Waals surface area contributed by atoms with E-state index in [4.69, 9.17) is 27.3 Å². The molecule has 7 heteroatoms. The third-order valence-electron chi connectivity index (χ3n) is 1.82. The van der Waals surface area contributed by atoms with E-state index >= 15 is 0 Å². The van der Waals surface area contributed by atoms with Crippen LogP contribution in [0.15, 0.2) is 28.4 Å². The molecule has 0 heterocycles. The highest BCUT2D eigenvalue weighted by atomic mass is 16.5. The standard InChI is InChI=1S/C11H10N4O3/c1-2-5-17-10-6-8(7-16)3-4-9(10)18-11(14-12)15-13/h1,3-4,6-7,12H,5,13H2. The summed E-state index contributed by atoms with van der Waals surface area (Å²) in [7, 11) is 0. The number of rotatable bonds is 4. The van der Waals surface area contributed by atoms with E-state index in [9.17, 15) is 4.79 Å². The topological polar surface area (TPSA) is 110 Å². The molecule has 0 atom stereocenters. The largest absolute Gasteiger partial charge is 0.477 e. The van der Waals surface area contributed by atoms with Gasteiger partial charge in [0.15, 0.2) is 11.5 Å². The van der Waals surface area contributed by atoms with Crippen LogP contribution in [0, 0.1) is 17.9 Å². The van der Waals surface area contributed by atoms with Crippen LogP contribution in [0.1, 0.15) is 10.4 Å². The van der Waals surface area contributed by atoms with Crippen LogP contribution >= 0.6 is 0 Å². The third kappa shape index (κ3) is 3.31. The first kappa shape index (κ1) is 13.2. The van der Waals surface area contributed by atoms with Gasteiger partial charge in [0.2, 0.25) is 0 Å². The molecule has 1 aromatic rings. The Morgan fingerprint density at radius 2 is 2.33 bits per heavy atom. The Morgan fingerprint density at radius 1 is 1.56 bits per heavy atom. The fraction of sp³-hybridized carbons (Fsp3) is 0.0909. The number of hydrazone groups is 1.